The van der Waals surface area contributed by atoms with Crippen molar-refractivity contribution in [2.24, 2.45) is 0 Å². The molecule has 1 aromatic carbocycles. The van der Waals surface area contributed by atoms with Crippen molar-refractivity contribution in [1.29, 1.82) is 0 Å². The number of hydrogen-bond donors (Lipinski definition) is 1. The lowest BCUT2D eigenvalue weighted by atomic mass is 10.1. The number of aromatic nitrogens is 4. The summed E-state index contributed by atoms with van der Waals surface area (Å²) in [5.74, 6) is 0.535. The summed E-state index contributed by atoms with van der Waals surface area (Å²) >= 11 is 12.5. The Kier molecular flexibility index (Phi) is 6.86. The summed E-state index contributed by atoms with van der Waals surface area (Å²) in [5, 5.41) is 8.66. The van der Waals surface area contributed by atoms with Gasteiger partial charge < -0.3 is 14.2 Å². The van der Waals surface area contributed by atoms with Crippen molar-refractivity contribution in [1.82, 2.24) is 20.2 Å². The Morgan fingerprint density at radius 1 is 1.20 bits per heavy atom. The quantitative estimate of drug-likeness (QED) is 0.305. The Bertz CT molecular complexity index is 1350. The number of nitrogens with one attached hydrogen (secondary N) is 1. The van der Waals surface area contributed by atoms with Crippen LogP contribution in [0.1, 0.15) is 36.3 Å². The van der Waals surface area contributed by atoms with Gasteiger partial charge in [0, 0.05) is 53.7 Å². The van der Waals surface area contributed by atoms with Crippen molar-refractivity contribution in [2.75, 3.05) is 13.2 Å². The maximum absolute atomic E-state index is 15.0. The van der Waals surface area contributed by atoms with E-state index < -0.39 is 11.9 Å². The van der Waals surface area contributed by atoms with Gasteiger partial charge in [-0.2, -0.15) is 5.10 Å². The number of benzene rings is 1. The lowest BCUT2D eigenvalue weighted by Gasteiger charge is -2.17. The predicted octanol–water partition coefficient (Wildman–Crippen LogP) is 6.44. The van der Waals surface area contributed by atoms with Crippen LogP contribution in [-0.4, -0.2) is 39.5 Å². The third-order valence-electron chi connectivity index (χ3n) is 5.62. The van der Waals surface area contributed by atoms with Gasteiger partial charge in [-0.15, -0.1) is 0 Å². The highest BCUT2D eigenvalue weighted by Gasteiger charge is 2.18. The molecule has 1 saturated heterocycles. The molecular formula is C25H21Cl2FN4O3. The Morgan fingerprint density at radius 3 is 2.74 bits per heavy atom. The van der Waals surface area contributed by atoms with E-state index in [1.807, 2.05) is 6.92 Å². The van der Waals surface area contributed by atoms with Crippen LogP contribution in [0.25, 0.3) is 22.8 Å². The number of pyridine rings is 2. The second kappa shape index (κ2) is 10.2. The molecule has 35 heavy (non-hydrogen) atoms. The minimum Gasteiger partial charge on any atom is -0.486 e. The highest BCUT2D eigenvalue weighted by molar-refractivity contribution is 6.35. The van der Waals surface area contributed by atoms with Gasteiger partial charge in [-0.25, -0.2) is 9.37 Å². The molecule has 0 unspecified atom stereocenters. The Balaban J connectivity index is 1.35. The highest BCUT2D eigenvalue weighted by atomic mass is 35.5. The summed E-state index contributed by atoms with van der Waals surface area (Å²) in [6, 6.07) is 8.63. The molecule has 0 amide bonds. The van der Waals surface area contributed by atoms with Crippen LogP contribution in [0.5, 0.6) is 11.6 Å². The first kappa shape index (κ1) is 23.5. The Morgan fingerprint density at radius 2 is 2.03 bits per heavy atom. The maximum Gasteiger partial charge on any atom is 0.213 e. The number of hydrogen-bond acceptors (Lipinski definition) is 6. The van der Waals surface area contributed by atoms with Crippen LogP contribution in [0, 0.1) is 0 Å². The van der Waals surface area contributed by atoms with Crippen LogP contribution < -0.4 is 9.47 Å². The topological polar surface area (TPSA) is 82.2 Å². The second-order valence-electron chi connectivity index (χ2n) is 8.07. The molecule has 1 aliphatic heterocycles. The molecule has 4 heterocycles. The average Bonchev–Trinajstić information content (AvgIpc) is 3.49. The van der Waals surface area contributed by atoms with Crippen LogP contribution in [0.2, 0.25) is 10.0 Å². The van der Waals surface area contributed by atoms with E-state index in [0.717, 1.165) is 6.42 Å². The summed E-state index contributed by atoms with van der Waals surface area (Å²) in [5.41, 5.74) is 2.14. The number of nitrogens with zero attached hydrogens (tertiary/aromatic N) is 3. The predicted molar refractivity (Wildman–Crippen MR) is 132 cm³/mol. The van der Waals surface area contributed by atoms with Gasteiger partial charge in [-0.3, -0.25) is 10.1 Å². The summed E-state index contributed by atoms with van der Waals surface area (Å²) in [4.78, 5) is 8.18. The van der Waals surface area contributed by atoms with E-state index >= 15 is 4.39 Å². The Labute approximate surface area is 210 Å². The van der Waals surface area contributed by atoms with Crippen LogP contribution in [0.3, 0.4) is 0 Å². The number of aromatic amines is 1. The van der Waals surface area contributed by atoms with E-state index in [1.165, 1.54) is 24.7 Å². The molecule has 4 aromatic rings. The second-order valence-corrected chi connectivity index (χ2v) is 8.89. The first-order valence-corrected chi connectivity index (χ1v) is 11.7. The first-order chi connectivity index (χ1) is 17.0. The summed E-state index contributed by atoms with van der Waals surface area (Å²) in [6.45, 7) is 3.06. The standard InChI is InChI=1S/C25H21Cl2FN4O3/c1-14(25-19(26)11-29-12-20(25)27)34-16-3-4-22-18(8-16)23(32-31-22)9-21(28)15-2-5-24(30-10-15)35-17-6-7-33-13-17/h2-5,8-12,14,17H,6-7,13H2,1H3,(H,31,32)/b21-9-/t14-,17+/m1/s1. The summed E-state index contributed by atoms with van der Waals surface area (Å²) < 4.78 is 32.1. The number of halogens is 3. The lowest BCUT2D eigenvalue weighted by molar-refractivity contribution is 0.138. The zero-order chi connectivity index (χ0) is 24.4. The minimum atomic E-state index is -0.464. The normalized spacial score (nSPS) is 17.0. The van der Waals surface area contributed by atoms with E-state index in [0.29, 0.717) is 62.6 Å². The molecule has 10 heteroatoms. The van der Waals surface area contributed by atoms with Gasteiger partial charge >= 0.3 is 0 Å². The molecule has 3 aromatic heterocycles. The molecule has 1 N–H and O–H groups in total. The summed E-state index contributed by atoms with van der Waals surface area (Å²) in [6.07, 6.45) is 6.22. The molecule has 1 fully saturated rings. The molecule has 0 aliphatic carbocycles. The van der Waals surface area contributed by atoms with Gasteiger partial charge in [0.2, 0.25) is 5.88 Å². The molecule has 180 valence electrons. The molecule has 5 rings (SSSR count). The van der Waals surface area contributed by atoms with Gasteiger partial charge in [0.15, 0.2) is 0 Å². The van der Waals surface area contributed by atoms with E-state index in [1.54, 1.807) is 30.3 Å². The van der Waals surface area contributed by atoms with Crippen molar-refractivity contribution in [2.45, 2.75) is 25.6 Å². The first-order valence-electron chi connectivity index (χ1n) is 11.0. The van der Waals surface area contributed by atoms with Crippen LogP contribution in [0.15, 0.2) is 48.9 Å². The lowest BCUT2D eigenvalue weighted by Crippen LogP contribution is -2.16. The fourth-order valence-corrected chi connectivity index (χ4v) is 4.52. The fraction of sp³-hybridized carbons (Fsp3) is 0.240. The van der Waals surface area contributed by atoms with Crippen LogP contribution in [-0.2, 0) is 4.74 Å². The van der Waals surface area contributed by atoms with Crippen molar-refractivity contribution in [3.05, 3.63) is 75.8 Å². The van der Waals surface area contributed by atoms with E-state index in [-0.39, 0.29) is 6.10 Å². The molecule has 0 radical (unpaired) electrons. The molecule has 1 aliphatic rings. The van der Waals surface area contributed by atoms with Crippen LogP contribution in [0.4, 0.5) is 4.39 Å². The van der Waals surface area contributed by atoms with Crippen molar-refractivity contribution in [3.8, 4) is 11.6 Å². The van der Waals surface area contributed by atoms with Gasteiger partial charge in [0.1, 0.15) is 23.8 Å². The number of H-pyrrole nitrogens is 1. The molecule has 0 bridgehead atoms. The monoisotopic (exact) mass is 514 g/mol. The fourth-order valence-electron chi connectivity index (χ4n) is 3.84. The van der Waals surface area contributed by atoms with E-state index in [4.69, 9.17) is 37.4 Å². The number of ether oxygens (including phenoxy) is 3. The zero-order valence-electron chi connectivity index (χ0n) is 18.7. The molecular weight excluding hydrogens is 494 g/mol. The third kappa shape index (κ3) is 5.24. The maximum atomic E-state index is 15.0. The van der Waals surface area contributed by atoms with Gasteiger partial charge in [0.25, 0.3) is 0 Å². The molecule has 7 nitrogen and oxygen atoms in total. The largest absolute Gasteiger partial charge is 0.486 e. The SMILES string of the molecule is C[C@@H](Oc1ccc2n[nH]c(/C=C(\F)c3ccc(O[C@H]4CCOC4)nc3)c2c1)c1c(Cl)cncc1Cl. The van der Waals surface area contributed by atoms with Gasteiger partial charge in [-0.1, -0.05) is 23.2 Å². The average molecular weight is 515 g/mol. The van der Waals surface area contributed by atoms with Crippen LogP contribution >= 0.6 is 23.2 Å². The third-order valence-corrected chi connectivity index (χ3v) is 6.23. The van der Waals surface area contributed by atoms with Crippen molar-refractivity contribution >= 4 is 46.0 Å². The van der Waals surface area contributed by atoms with Gasteiger partial charge in [0.05, 0.1) is 34.5 Å². The minimum absolute atomic E-state index is 0.0187. The highest BCUT2D eigenvalue weighted by Crippen LogP contribution is 2.34. The number of fused-ring (bicyclic) bond motifs is 1. The molecule has 0 spiro atoms. The Hall–Kier alpha value is -3.20. The zero-order valence-corrected chi connectivity index (χ0v) is 20.2. The van der Waals surface area contributed by atoms with Gasteiger partial charge in [-0.05, 0) is 31.2 Å². The van der Waals surface area contributed by atoms with Crippen molar-refractivity contribution < 1.29 is 18.6 Å². The molecule has 2 atom stereocenters. The van der Waals surface area contributed by atoms with Crippen molar-refractivity contribution in [3.63, 3.8) is 0 Å². The van der Waals surface area contributed by atoms with E-state index in [2.05, 4.69) is 20.2 Å². The summed E-state index contributed by atoms with van der Waals surface area (Å²) in [7, 11) is 0. The number of rotatable bonds is 7. The van der Waals surface area contributed by atoms with E-state index in [9.17, 15) is 0 Å². The molecule has 0 saturated carbocycles. The smallest absolute Gasteiger partial charge is 0.213 e.